The van der Waals surface area contributed by atoms with Crippen LogP contribution in [0.2, 0.25) is 0 Å². The molecule has 0 aromatic heterocycles. The average Bonchev–Trinajstić information content (AvgIpc) is 2.53. The summed E-state index contributed by atoms with van der Waals surface area (Å²) in [6, 6.07) is 0. The molecule has 0 aromatic carbocycles. The highest BCUT2D eigenvalue weighted by atomic mass is 16.5. The van der Waals surface area contributed by atoms with Crippen molar-refractivity contribution in [2.75, 3.05) is 0 Å². The number of rotatable bonds is 14. The van der Waals surface area contributed by atoms with Gasteiger partial charge in [-0.3, -0.25) is 0 Å². The first kappa shape index (κ1) is 25.0. The van der Waals surface area contributed by atoms with Crippen LogP contribution in [0.15, 0.2) is 0 Å². The summed E-state index contributed by atoms with van der Waals surface area (Å²) in [5, 5.41) is 0. The third-order valence-electron chi connectivity index (χ3n) is 6.53. The zero-order chi connectivity index (χ0) is 19.7. The molecule has 0 fully saturated rings. The third-order valence-corrected chi connectivity index (χ3v) is 6.53. The van der Waals surface area contributed by atoms with E-state index < -0.39 is 0 Å². The Hall–Kier alpha value is -0.0400. The van der Waals surface area contributed by atoms with Crippen molar-refractivity contribution in [3.63, 3.8) is 0 Å². The smallest absolute Gasteiger partial charge is 0.0609 e. The van der Waals surface area contributed by atoms with E-state index in [-0.39, 0.29) is 0 Å². The van der Waals surface area contributed by atoms with Crippen molar-refractivity contribution in [1.29, 1.82) is 0 Å². The summed E-state index contributed by atoms with van der Waals surface area (Å²) in [5.41, 5.74) is 0.733. The molecular formula is C24H50O. The maximum Gasteiger partial charge on any atom is 0.0609 e. The molecule has 1 heteroatoms. The molecule has 0 aliphatic carbocycles. The summed E-state index contributed by atoms with van der Waals surface area (Å²) >= 11 is 0. The largest absolute Gasteiger partial charge is 0.374 e. The standard InChI is InChI=1S/C24H50O/c1-11-15-19(5)21(17-23(7,8)13-3)25-22(20(6)16-12-2)18-24(9,10)14-4/h19-22H,11-18H2,1-10H3. The summed E-state index contributed by atoms with van der Waals surface area (Å²) in [5.74, 6) is 1.30. The zero-order valence-corrected chi connectivity index (χ0v) is 19.4. The Morgan fingerprint density at radius 1 is 0.640 bits per heavy atom. The predicted octanol–water partition coefficient (Wildman–Crippen LogP) is 8.27. The molecule has 1 nitrogen and oxygen atoms in total. The first-order valence-corrected chi connectivity index (χ1v) is 11.2. The first-order chi connectivity index (χ1) is 11.5. The maximum atomic E-state index is 6.95. The molecule has 0 bridgehead atoms. The molecule has 152 valence electrons. The summed E-state index contributed by atoms with van der Waals surface area (Å²) in [6.07, 6.45) is 10.7. The first-order valence-electron chi connectivity index (χ1n) is 11.2. The molecule has 25 heavy (non-hydrogen) atoms. The van der Waals surface area contributed by atoms with Gasteiger partial charge in [-0.1, -0.05) is 94.9 Å². The monoisotopic (exact) mass is 354 g/mol. The van der Waals surface area contributed by atoms with E-state index in [4.69, 9.17) is 4.74 Å². The van der Waals surface area contributed by atoms with Crippen LogP contribution >= 0.6 is 0 Å². The van der Waals surface area contributed by atoms with Crippen LogP contribution in [0.1, 0.15) is 121 Å². The van der Waals surface area contributed by atoms with Crippen molar-refractivity contribution < 1.29 is 4.74 Å². The lowest BCUT2D eigenvalue weighted by atomic mass is 9.78. The molecule has 0 saturated carbocycles. The van der Waals surface area contributed by atoms with Crippen LogP contribution in [-0.4, -0.2) is 12.2 Å². The fraction of sp³-hybridized carbons (Fsp3) is 1.00. The summed E-state index contributed by atoms with van der Waals surface area (Å²) in [6.45, 7) is 23.7. The molecular weight excluding hydrogens is 304 g/mol. The van der Waals surface area contributed by atoms with Crippen LogP contribution in [0, 0.1) is 22.7 Å². The Morgan fingerprint density at radius 2 is 0.960 bits per heavy atom. The SMILES string of the molecule is CCCC(C)C(CC(C)(C)CC)OC(CC(C)(C)CC)C(C)CCC. The van der Waals surface area contributed by atoms with Crippen molar-refractivity contribution in [3.05, 3.63) is 0 Å². The molecule has 0 radical (unpaired) electrons. The van der Waals surface area contributed by atoms with Crippen LogP contribution in [-0.2, 0) is 4.74 Å². The normalized spacial score (nSPS) is 18.0. The molecule has 4 unspecified atom stereocenters. The van der Waals surface area contributed by atoms with Crippen molar-refractivity contribution in [3.8, 4) is 0 Å². The van der Waals surface area contributed by atoms with Crippen molar-refractivity contribution in [2.45, 2.75) is 133 Å². The molecule has 0 aromatic rings. The van der Waals surface area contributed by atoms with Crippen molar-refractivity contribution in [2.24, 2.45) is 22.7 Å². The Kier molecular flexibility index (Phi) is 11.6. The van der Waals surface area contributed by atoms with Crippen molar-refractivity contribution >= 4 is 0 Å². The van der Waals surface area contributed by atoms with Crippen LogP contribution in [0.5, 0.6) is 0 Å². The van der Waals surface area contributed by atoms with E-state index in [1.165, 1.54) is 51.4 Å². The second-order valence-corrected chi connectivity index (χ2v) is 10.2. The molecule has 0 aliphatic heterocycles. The highest BCUT2D eigenvalue weighted by Gasteiger charge is 2.32. The Bertz CT molecular complexity index is 299. The van der Waals surface area contributed by atoms with Crippen molar-refractivity contribution in [1.82, 2.24) is 0 Å². The molecule has 0 amide bonds. The minimum absolute atomic E-state index is 0.367. The minimum Gasteiger partial charge on any atom is -0.374 e. The lowest BCUT2D eigenvalue weighted by Crippen LogP contribution is -2.37. The van der Waals surface area contributed by atoms with Gasteiger partial charge in [-0.15, -0.1) is 0 Å². The van der Waals surface area contributed by atoms with E-state index in [1.807, 2.05) is 0 Å². The van der Waals surface area contributed by atoms with Gasteiger partial charge in [0.15, 0.2) is 0 Å². The number of hydrogen-bond donors (Lipinski definition) is 0. The molecule has 0 saturated heterocycles. The Balaban J connectivity index is 5.32. The van der Waals surface area contributed by atoms with Gasteiger partial charge in [0.2, 0.25) is 0 Å². The second kappa shape index (κ2) is 11.6. The van der Waals surface area contributed by atoms with Crippen LogP contribution < -0.4 is 0 Å². The van der Waals surface area contributed by atoms with Gasteiger partial charge in [0.25, 0.3) is 0 Å². The molecule has 0 N–H and O–H groups in total. The Morgan fingerprint density at radius 3 is 1.20 bits per heavy atom. The predicted molar refractivity (Wildman–Crippen MR) is 114 cm³/mol. The van der Waals surface area contributed by atoms with Gasteiger partial charge in [-0.2, -0.15) is 0 Å². The van der Waals surface area contributed by atoms with Gasteiger partial charge < -0.3 is 4.74 Å². The summed E-state index contributed by atoms with van der Waals surface area (Å²) < 4.78 is 6.95. The zero-order valence-electron chi connectivity index (χ0n) is 19.4. The van der Waals surface area contributed by atoms with E-state index in [2.05, 4.69) is 69.2 Å². The minimum atomic E-state index is 0.367. The van der Waals surface area contributed by atoms with Crippen LogP contribution in [0.4, 0.5) is 0 Å². The fourth-order valence-electron chi connectivity index (χ4n) is 3.65. The van der Waals surface area contributed by atoms with Gasteiger partial charge in [0.1, 0.15) is 0 Å². The highest BCUT2D eigenvalue weighted by Crippen LogP contribution is 2.37. The molecule has 0 heterocycles. The number of hydrogen-bond acceptors (Lipinski definition) is 1. The summed E-state index contributed by atoms with van der Waals surface area (Å²) in [4.78, 5) is 0. The van der Waals surface area contributed by atoms with E-state index in [0.717, 1.165) is 0 Å². The van der Waals surface area contributed by atoms with E-state index in [0.29, 0.717) is 34.9 Å². The average molecular weight is 355 g/mol. The summed E-state index contributed by atoms with van der Waals surface area (Å²) in [7, 11) is 0. The van der Waals surface area contributed by atoms with E-state index in [9.17, 15) is 0 Å². The van der Waals surface area contributed by atoms with Crippen LogP contribution in [0.25, 0.3) is 0 Å². The van der Waals surface area contributed by atoms with E-state index >= 15 is 0 Å². The van der Waals surface area contributed by atoms with Gasteiger partial charge in [0, 0.05) is 0 Å². The maximum absolute atomic E-state index is 6.95. The lowest BCUT2D eigenvalue weighted by Gasteiger charge is -2.39. The lowest BCUT2D eigenvalue weighted by molar-refractivity contribution is -0.0968. The highest BCUT2D eigenvalue weighted by molar-refractivity contribution is 4.82. The van der Waals surface area contributed by atoms with Gasteiger partial charge >= 0.3 is 0 Å². The Labute approximate surface area is 160 Å². The van der Waals surface area contributed by atoms with Gasteiger partial charge in [-0.05, 0) is 48.3 Å². The van der Waals surface area contributed by atoms with Gasteiger partial charge in [0.05, 0.1) is 12.2 Å². The topological polar surface area (TPSA) is 9.23 Å². The van der Waals surface area contributed by atoms with Gasteiger partial charge in [-0.25, -0.2) is 0 Å². The molecule has 4 atom stereocenters. The molecule has 0 aliphatic rings. The molecule has 0 rings (SSSR count). The fourth-order valence-corrected chi connectivity index (χ4v) is 3.65. The van der Waals surface area contributed by atoms with E-state index in [1.54, 1.807) is 0 Å². The quantitative estimate of drug-likeness (QED) is 0.305. The number of ether oxygens (including phenoxy) is 1. The second-order valence-electron chi connectivity index (χ2n) is 10.2. The third kappa shape index (κ3) is 10.0. The van der Waals surface area contributed by atoms with Crippen LogP contribution in [0.3, 0.4) is 0 Å². The molecule has 0 spiro atoms.